The standard InChI is InChI=1S/C12H14F3N/c1-7-2-5-9(11(14)10(7)13)12(15,6-16)8-3-4-8/h2,5,8H,3-4,6,16H2,1H3. The SMILES string of the molecule is Cc1ccc(C(F)(CN)C2CC2)c(F)c1F. The van der Waals surface area contributed by atoms with Gasteiger partial charge in [0.1, 0.15) is 0 Å². The lowest BCUT2D eigenvalue weighted by Crippen LogP contribution is -2.34. The molecule has 1 fully saturated rings. The molecule has 1 atom stereocenters. The van der Waals surface area contributed by atoms with Crippen LogP contribution in [0.15, 0.2) is 12.1 Å². The summed E-state index contributed by atoms with van der Waals surface area (Å²) in [5, 5.41) is 0. The van der Waals surface area contributed by atoms with Crippen molar-refractivity contribution in [1.29, 1.82) is 0 Å². The molecule has 1 aromatic rings. The third-order valence-corrected chi connectivity index (χ3v) is 3.24. The first-order valence-electron chi connectivity index (χ1n) is 5.34. The molecule has 0 bridgehead atoms. The van der Waals surface area contributed by atoms with Crippen molar-refractivity contribution < 1.29 is 13.2 Å². The van der Waals surface area contributed by atoms with Gasteiger partial charge in [-0.15, -0.1) is 0 Å². The highest BCUT2D eigenvalue weighted by Gasteiger charge is 2.48. The van der Waals surface area contributed by atoms with Gasteiger partial charge in [0.05, 0.1) is 0 Å². The summed E-state index contributed by atoms with van der Waals surface area (Å²) in [5.41, 5.74) is 3.40. The normalized spacial score (nSPS) is 19.6. The summed E-state index contributed by atoms with van der Waals surface area (Å²) >= 11 is 0. The Labute approximate surface area is 92.5 Å². The summed E-state index contributed by atoms with van der Waals surface area (Å²) in [7, 11) is 0. The highest BCUT2D eigenvalue weighted by atomic mass is 19.2. The van der Waals surface area contributed by atoms with Crippen molar-refractivity contribution in [3.8, 4) is 0 Å². The van der Waals surface area contributed by atoms with Crippen LogP contribution in [0.2, 0.25) is 0 Å². The third kappa shape index (κ3) is 1.61. The van der Waals surface area contributed by atoms with Crippen LogP contribution in [0.4, 0.5) is 13.2 Å². The first kappa shape index (κ1) is 11.5. The van der Waals surface area contributed by atoms with Gasteiger partial charge in [-0.3, -0.25) is 0 Å². The molecule has 0 radical (unpaired) electrons. The number of rotatable bonds is 3. The highest BCUT2D eigenvalue weighted by Crippen LogP contribution is 2.48. The molecule has 1 aromatic carbocycles. The predicted molar refractivity (Wildman–Crippen MR) is 55.7 cm³/mol. The van der Waals surface area contributed by atoms with Crippen LogP contribution in [-0.4, -0.2) is 6.54 Å². The smallest absolute Gasteiger partial charge is 0.165 e. The topological polar surface area (TPSA) is 26.0 Å². The second kappa shape index (κ2) is 3.77. The molecular formula is C12H14F3N. The van der Waals surface area contributed by atoms with Crippen LogP contribution in [-0.2, 0) is 5.67 Å². The van der Waals surface area contributed by atoms with E-state index in [4.69, 9.17) is 5.73 Å². The van der Waals surface area contributed by atoms with Crippen molar-refractivity contribution in [3.05, 3.63) is 34.9 Å². The van der Waals surface area contributed by atoms with Crippen molar-refractivity contribution in [2.24, 2.45) is 11.7 Å². The molecule has 0 spiro atoms. The molecule has 0 saturated heterocycles. The number of hydrogen-bond donors (Lipinski definition) is 1. The molecule has 1 aliphatic rings. The van der Waals surface area contributed by atoms with Gasteiger partial charge in [-0.1, -0.05) is 12.1 Å². The van der Waals surface area contributed by atoms with Crippen LogP contribution >= 0.6 is 0 Å². The van der Waals surface area contributed by atoms with Gasteiger partial charge in [-0.25, -0.2) is 13.2 Å². The largest absolute Gasteiger partial charge is 0.327 e. The second-order valence-corrected chi connectivity index (χ2v) is 4.40. The van der Waals surface area contributed by atoms with E-state index in [1.807, 2.05) is 0 Å². The van der Waals surface area contributed by atoms with Crippen LogP contribution < -0.4 is 5.73 Å². The Morgan fingerprint density at radius 3 is 2.44 bits per heavy atom. The maximum absolute atomic E-state index is 14.5. The maximum atomic E-state index is 14.5. The van der Waals surface area contributed by atoms with E-state index in [1.54, 1.807) is 0 Å². The monoisotopic (exact) mass is 229 g/mol. The van der Waals surface area contributed by atoms with Crippen LogP contribution in [0.3, 0.4) is 0 Å². The second-order valence-electron chi connectivity index (χ2n) is 4.40. The number of alkyl halides is 1. The van der Waals surface area contributed by atoms with E-state index in [1.165, 1.54) is 19.1 Å². The fourth-order valence-corrected chi connectivity index (χ4v) is 2.00. The molecule has 1 aliphatic carbocycles. The minimum atomic E-state index is -1.92. The van der Waals surface area contributed by atoms with Gasteiger partial charge in [0.25, 0.3) is 0 Å². The van der Waals surface area contributed by atoms with Gasteiger partial charge in [-0.05, 0) is 31.2 Å². The van der Waals surface area contributed by atoms with E-state index in [0.717, 1.165) is 0 Å². The highest BCUT2D eigenvalue weighted by molar-refractivity contribution is 5.32. The zero-order valence-corrected chi connectivity index (χ0v) is 9.06. The van der Waals surface area contributed by atoms with Gasteiger partial charge in [0, 0.05) is 12.1 Å². The number of benzene rings is 1. The third-order valence-electron chi connectivity index (χ3n) is 3.24. The van der Waals surface area contributed by atoms with Crippen LogP contribution in [0.5, 0.6) is 0 Å². The molecule has 2 N–H and O–H groups in total. The zero-order valence-electron chi connectivity index (χ0n) is 9.06. The van der Waals surface area contributed by atoms with Gasteiger partial charge in [0.2, 0.25) is 0 Å². The summed E-state index contributed by atoms with van der Waals surface area (Å²) in [4.78, 5) is 0. The fourth-order valence-electron chi connectivity index (χ4n) is 2.00. The minimum absolute atomic E-state index is 0.177. The summed E-state index contributed by atoms with van der Waals surface area (Å²) in [5.74, 6) is -2.34. The average molecular weight is 229 g/mol. The predicted octanol–water partition coefficient (Wildman–Crippen LogP) is 2.81. The Balaban J connectivity index is 2.50. The van der Waals surface area contributed by atoms with Crippen molar-refractivity contribution in [1.82, 2.24) is 0 Å². The Morgan fingerprint density at radius 1 is 1.31 bits per heavy atom. The van der Waals surface area contributed by atoms with Crippen LogP contribution in [0.1, 0.15) is 24.0 Å². The number of aryl methyl sites for hydroxylation is 1. The van der Waals surface area contributed by atoms with Gasteiger partial charge in [0.15, 0.2) is 17.3 Å². The van der Waals surface area contributed by atoms with E-state index in [0.29, 0.717) is 12.8 Å². The Morgan fingerprint density at radius 2 is 1.94 bits per heavy atom. The van der Waals surface area contributed by atoms with E-state index in [9.17, 15) is 13.2 Å². The Hall–Kier alpha value is -1.03. The molecule has 1 nitrogen and oxygen atoms in total. The van der Waals surface area contributed by atoms with E-state index in [2.05, 4.69) is 0 Å². The molecule has 0 aromatic heterocycles. The lowest BCUT2D eigenvalue weighted by Gasteiger charge is -2.24. The van der Waals surface area contributed by atoms with Gasteiger partial charge < -0.3 is 5.73 Å². The maximum Gasteiger partial charge on any atom is 0.165 e. The average Bonchev–Trinajstić information content (AvgIpc) is 3.09. The number of hydrogen-bond acceptors (Lipinski definition) is 1. The van der Waals surface area contributed by atoms with Gasteiger partial charge >= 0.3 is 0 Å². The summed E-state index contributed by atoms with van der Waals surface area (Å²) < 4.78 is 41.5. The number of halogens is 3. The van der Waals surface area contributed by atoms with E-state index >= 15 is 0 Å². The molecule has 4 heteroatoms. The van der Waals surface area contributed by atoms with Crippen LogP contribution in [0, 0.1) is 24.5 Å². The van der Waals surface area contributed by atoms with E-state index < -0.39 is 17.3 Å². The number of nitrogens with two attached hydrogens (primary N) is 1. The van der Waals surface area contributed by atoms with E-state index in [-0.39, 0.29) is 23.6 Å². The molecule has 0 heterocycles. The summed E-state index contributed by atoms with van der Waals surface area (Å²) in [6.45, 7) is 1.14. The molecule has 1 saturated carbocycles. The zero-order chi connectivity index (χ0) is 11.9. The fraction of sp³-hybridized carbons (Fsp3) is 0.500. The minimum Gasteiger partial charge on any atom is -0.327 e. The molecule has 88 valence electrons. The van der Waals surface area contributed by atoms with Crippen LogP contribution in [0.25, 0.3) is 0 Å². The lowest BCUT2D eigenvalue weighted by atomic mass is 9.89. The van der Waals surface area contributed by atoms with Crippen molar-refractivity contribution >= 4 is 0 Å². The van der Waals surface area contributed by atoms with Crippen molar-refractivity contribution in [2.75, 3.05) is 6.54 Å². The summed E-state index contributed by atoms with van der Waals surface area (Å²) in [6.07, 6.45) is 1.37. The lowest BCUT2D eigenvalue weighted by molar-refractivity contribution is 0.136. The first-order chi connectivity index (χ1) is 7.50. The Bertz CT molecular complexity index is 415. The summed E-state index contributed by atoms with van der Waals surface area (Å²) in [6, 6.07) is 2.69. The van der Waals surface area contributed by atoms with Crippen molar-refractivity contribution in [3.63, 3.8) is 0 Å². The molecule has 16 heavy (non-hydrogen) atoms. The molecule has 1 unspecified atom stereocenters. The molecule has 0 aliphatic heterocycles. The molecule has 2 rings (SSSR count). The molecule has 0 amide bonds. The van der Waals surface area contributed by atoms with Gasteiger partial charge in [-0.2, -0.15) is 0 Å². The first-order valence-corrected chi connectivity index (χ1v) is 5.34. The quantitative estimate of drug-likeness (QED) is 0.847. The molecular weight excluding hydrogens is 215 g/mol. The Kier molecular flexibility index (Phi) is 2.70. The van der Waals surface area contributed by atoms with Crippen molar-refractivity contribution in [2.45, 2.75) is 25.4 Å².